The summed E-state index contributed by atoms with van der Waals surface area (Å²) < 4.78 is 21.9. The molecule has 0 N–H and O–H groups in total. The van der Waals surface area contributed by atoms with Crippen molar-refractivity contribution >= 4 is 11.9 Å². The molecule has 0 unspecified atom stereocenters. The summed E-state index contributed by atoms with van der Waals surface area (Å²) in [5, 5.41) is 0. The van der Waals surface area contributed by atoms with Crippen molar-refractivity contribution in [3.05, 3.63) is 52.1 Å². The Morgan fingerprint density at radius 2 is 1.58 bits per heavy atom. The topological polar surface area (TPSA) is 54.0 Å². The summed E-state index contributed by atoms with van der Waals surface area (Å²) in [7, 11) is 4.71. The third kappa shape index (κ3) is 3.12. The van der Waals surface area contributed by atoms with Gasteiger partial charge in [-0.25, -0.2) is 0 Å². The number of benzene rings is 2. The molecule has 0 atom stereocenters. The molecule has 1 aliphatic heterocycles. The summed E-state index contributed by atoms with van der Waals surface area (Å²) in [4.78, 5) is 13.0. The first kappa shape index (κ1) is 17.9. The van der Waals surface area contributed by atoms with Gasteiger partial charge in [0.15, 0.2) is 17.3 Å². The van der Waals surface area contributed by atoms with Crippen molar-refractivity contribution in [1.29, 1.82) is 0 Å². The lowest BCUT2D eigenvalue weighted by atomic mass is 9.93. The Balaban J connectivity index is 2.07. The van der Waals surface area contributed by atoms with Crippen molar-refractivity contribution in [3.63, 3.8) is 0 Å². The molecule has 2 aromatic rings. The van der Waals surface area contributed by atoms with E-state index in [0.29, 0.717) is 34.1 Å². The molecule has 5 heteroatoms. The van der Waals surface area contributed by atoms with Gasteiger partial charge in [-0.1, -0.05) is 6.07 Å². The number of carbonyl (C=O) groups is 1. The first-order valence-corrected chi connectivity index (χ1v) is 8.27. The molecule has 0 aliphatic carbocycles. The highest BCUT2D eigenvalue weighted by atomic mass is 16.5. The van der Waals surface area contributed by atoms with E-state index in [2.05, 4.69) is 0 Å². The summed E-state index contributed by atoms with van der Waals surface area (Å²) in [5.74, 6) is 2.34. The van der Waals surface area contributed by atoms with Crippen molar-refractivity contribution < 1.29 is 23.7 Å². The van der Waals surface area contributed by atoms with E-state index in [4.69, 9.17) is 18.9 Å². The fourth-order valence-corrected chi connectivity index (χ4v) is 3.18. The first-order chi connectivity index (χ1) is 12.5. The minimum atomic E-state index is -0.0272. The number of ketones is 1. The van der Waals surface area contributed by atoms with Crippen LogP contribution >= 0.6 is 0 Å². The lowest BCUT2D eigenvalue weighted by Gasteiger charge is -2.21. The fraction of sp³-hybridized carbons (Fsp3) is 0.286. The Morgan fingerprint density at radius 1 is 0.923 bits per heavy atom. The van der Waals surface area contributed by atoms with Gasteiger partial charge in [-0.2, -0.15) is 0 Å². The number of hydrogen-bond acceptors (Lipinski definition) is 5. The highest BCUT2D eigenvalue weighted by molar-refractivity contribution is 6.15. The van der Waals surface area contributed by atoms with E-state index in [-0.39, 0.29) is 12.4 Å². The predicted octanol–water partition coefficient (Wildman–Crippen LogP) is 3.99. The second-order valence-electron chi connectivity index (χ2n) is 6.19. The Bertz CT molecular complexity index is 896. The van der Waals surface area contributed by atoms with E-state index in [0.717, 1.165) is 16.7 Å². The molecule has 26 heavy (non-hydrogen) atoms. The number of carbonyl (C=O) groups excluding carboxylic acids is 1. The van der Waals surface area contributed by atoms with Crippen LogP contribution in [0.1, 0.15) is 27.0 Å². The lowest BCUT2D eigenvalue weighted by molar-refractivity contribution is 0.1000. The summed E-state index contributed by atoms with van der Waals surface area (Å²) in [6.45, 7) is 4.13. The van der Waals surface area contributed by atoms with Gasteiger partial charge in [0.25, 0.3) is 0 Å². The molecule has 0 bridgehead atoms. The van der Waals surface area contributed by atoms with E-state index in [1.54, 1.807) is 39.5 Å². The molecule has 1 aliphatic rings. The molecule has 0 saturated carbocycles. The van der Waals surface area contributed by atoms with Crippen LogP contribution in [0, 0.1) is 13.8 Å². The Kier molecular flexibility index (Phi) is 4.89. The molecule has 0 spiro atoms. The molecule has 0 radical (unpaired) electrons. The number of methoxy groups -OCH3 is 3. The zero-order valence-electron chi connectivity index (χ0n) is 15.6. The van der Waals surface area contributed by atoms with Crippen LogP contribution in [0.4, 0.5) is 0 Å². The van der Waals surface area contributed by atoms with Gasteiger partial charge in [-0.05, 0) is 43.2 Å². The number of hydrogen-bond donors (Lipinski definition) is 0. The van der Waals surface area contributed by atoms with Crippen LogP contribution in [-0.4, -0.2) is 33.7 Å². The van der Waals surface area contributed by atoms with Gasteiger partial charge in [0.05, 0.1) is 26.9 Å². The fourth-order valence-electron chi connectivity index (χ4n) is 3.18. The Hall–Kier alpha value is -2.95. The lowest BCUT2D eigenvalue weighted by Crippen LogP contribution is -2.20. The average molecular weight is 354 g/mol. The molecule has 0 saturated heterocycles. The smallest absolute Gasteiger partial charge is 0.196 e. The maximum atomic E-state index is 13.0. The molecule has 3 rings (SSSR count). The Morgan fingerprint density at radius 3 is 2.23 bits per heavy atom. The highest BCUT2D eigenvalue weighted by Crippen LogP contribution is 2.37. The molecule has 5 nitrogen and oxygen atoms in total. The Labute approximate surface area is 153 Å². The number of ether oxygens (including phenoxy) is 4. The summed E-state index contributed by atoms with van der Waals surface area (Å²) in [5.41, 5.74) is 3.89. The molecule has 2 aromatic carbocycles. The van der Waals surface area contributed by atoms with Crippen LogP contribution in [0.5, 0.6) is 23.0 Å². The van der Waals surface area contributed by atoms with Gasteiger partial charge in [-0.3, -0.25) is 4.79 Å². The normalized spacial score (nSPS) is 14.7. The highest BCUT2D eigenvalue weighted by Gasteiger charge is 2.26. The first-order valence-electron chi connectivity index (χ1n) is 8.27. The van der Waals surface area contributed by atoms with Crippen LogP contribution in [-0.2, 0) is 0 Å². The van der Waals surface area contributed by atoms with E-state index in [1.165, 1.54) is 0 Å². The van der Waals surface area contributed by atoms with Crippen LogP contribution in [0.2, 0.25) is 0 Å². The van der Waals surface area contributed by atoms with Crippen molar-refractivity contribution in [2.75, 3.05) is 27.9 Å². The number of fused-ring (bicyclic) bond motifs is 1. The summed E-state index contributed by atoms with van der Waals surface area (Å²) >= 11 is 0. The third-order valence-electron chi connectivity index (χ3n) is 4.41. The second kappa shape index (κ2) is 7.12. The zero-order chi connectivity index (χ0) is 18.8. The molecule has 0 amide bonds. The van der Waals surface area contributed by atoms with E-state index < -0.39 is 0 Å². The van der Waals surface area contributed by atoms with Gasteiger partial charge >= 0.3 is 0 Å². The quantitative estimate of drug-likeness (QED) is 0.777. The van der Waals surface area contributed by atoms with Crippen LogP contribution in [0.15, 0.2) is 29.8 Å². The van der Waals surface area contributed by atoms with Gasteiger partial charge in [0, 0.05) is 17.2 Å². The maximum Gasteiger partial charge on any atom is 0.196 e. The average Bonchev–Trinajstić information content (AvgIpc) is 2.62. The van der Waals surface area contributed by atoms with E-state index in [9.17, 15) is 4.79 Å². The monoisotopic (exact) mass is 354 g/mol. The van der Waals surface area contributed by atoms with Gasteiger partial charge in [-0.15, -0.1) is 0 Å². The number of Topliss-reactive ketones (excluding diaryl/α,β-unsaturated/α-hetero) is 1. The van der Waals surface area contributed by atoms with Crippen LogP contribution in [0.25, 0.3) is 6.08 Å². The van der Waals surface area contributed by atoms with E-state index >= 15 is 0 Å². The molecular formula is C21H22O5. The maximum absolute atomic E-state index is 13.0. The third-order valence-corrected chi connectivity index (χ3v) is 4.41. The van der Waals surface area contributed by atoms with Crippen molar-refractivity contribution in [2.24, 2.45) is 0 Å². The largest absolute Gasteiger partial charge is 0.496 e. The summed E-state index contributed by atoms with van der Waals surface area (Å²) in [6, 6.07) is 7.41. The van der Waals surface area contributed by atoms with Crippen LogP contribution < -0.4 is 18.9 Å². The van der Waals surface area contributed by atoms with Gasteiger partial charge in [0.2, 0.25) is 0 Å². The summed E-state index contributed by atoms with van der Waals surface area (Å²) in [6.07, 6.45) is 1.78. The predicted molar refractivity (Wildman–Crippen MR) is 99.8 cm³/mol. The standard InChI is InChI=1S/C21H22O5/c1-12-6-13(2)20-19(7-12)26-11-15(21(20)22)8-14-9-17(24-4)18(25-5)10-16(14)23-3/h6-10H,11H2,1-5H3. The molecule has 0 fully saturated rings. The van der Waals surface area contributed by atoms with Gasteiger partial charge in [0.1, 0.15) is 18.1 Å². The van der Waals surface area contributed by atoms with Crippen molar-refractivity contribution in [2.45, 2.75) is 13.8 Å². The minimum absolute atomic E-state index is 0.0272. The minimum Gasteiger partial charge on any atom is -0.496 e. The molecule has 0 aromatic heterocycles. The SMILES string of the molecule is COc1cc(OC)c(OC)cc1C=C1COc2cc(C)cc(C)c2C1=O. The number of aryl methyl sites for hydroxylation is 2. The van der Waals surface area contributed by atoms with Crippen LogP contribution in [0.3, 0.4) is 0 Å². The van der Waals surface area contributed by atoms with Crippen molar-refractivity contribution in [1.82, 2.24) is 0 Å². The molecule has 136 valence electrons. The molecule has 1 heterocycles. The van der Waals surface area contributed by atoms with Crippen molar-refractivity contribution in [3.8, 4) is 23.0 Å². The zero-order valence-corrected chi connectivity index (χ0v) is 15.6. The number of rotatable bonds is 4. The second-order valence-corrected chi connectivity index (χ2v) is 6.19. The van der Waals surface area contributed by atoms with Gasteiger partial charge < -0.3 is 18.9 Å². The van der Waals surface area contributed by atoms with E-state index in [1.807, 2.05) is 26.0 Å². The molecular weight excluding hydrogens is 332 g/mol.